The lowest BCUT2D eigenvalue weighted by Crippen LogP contribution is -2.53. The first kappa shape index (κ1) is 8.93. The maximum atomic E-state index is 5.48. The average molecular weight is 158 g/mol. The summed E-state index contributed by atoms with van der Waals surface area (Å²) in [5.74, 6) is 0. The molecule has 0 saturated carbocycles. The Bertz CT molecular complexity index is 113. The number of hydrogen-bond acceptors (Lipinski definition) is 4. The standard InChI is InChI=1S/C7H18N4/c1-6-4-11(3-2-10-6)5-7(8)9/h6-7,10H,2-5,8-9H2,1H3. The Hall–Kier alpha value is -0.160. The lowest BCUT2D eigenvalue weighted by Gasteiger charge is -2.32. The van der Waals surface area contributed by atoms with Gasteiger partial charge in [0.2, 0.25) is 0 Å². The molecule has 0 aliphatic carbocycles. The van der Waals surface area contributed by atoms with Crippen molar-refractivity contribution in [3.8, 4) is 0 Å². The van der Waals surface area contributed by atoms with E-state index in [-0.39, 0.29) is 6.17 Å². The largest absolute Gasteiger partial charge is 0.315 e. The molecular formula is C7H18N4. The fourth-order valence-electron chi connectivity index (χ4n) is 1.48. The Morgan fingerprint density at radius 3 is 2.91 bits per heavy atom. The molecule has 1 rings (SSSR count). The van der Waals surface area contributed by atoms with E-state index in [4.69, 9.17) is 11.5 Å². The van der Waals surface area contributed by atoms with Crippen molar-refractivity contribution < 1.29 is 0 Å². The maximum Gasteiger partial charge on any atom is 0.0652 e. The van der Waals surface area contributed by atoms with Gasteiger partial charge in [-0.3, -0.25) is 4.90 Å². The Morgan fingerprint density at radius 1 is 1.64 bits per heavy atom. The summed E-state index contributed by atoms with van der Waals surface area (Å²) in [5.41, 5.74) is 11.0. The molecular weight excluding hydrogens is 140 g/mol. The highest BCUT2D eigenvalue weighted by atomic mass is 15.2. The summed E-state index contributed by atoms with van der Waals surface area (Å²) < 4.78 is 0. The number of piperazine rings is 1. The summed E-state index contributed by atoms with van der Waals surface area (Å²) in [5, 5.41) is 3.36. The van der Waals surface area contributed by atoms with Crippen LogP contribution in [0.2, 0.25) is 0 Å². The summed E-state index contributed by atoms with van der Waals surface area (Å²) in [6.07, 6.45) is -0.194. The third-order valence-electron chi connectivity index (χ3n) is 1.92. The predicted octanol–water partition coefficient (Wildman–Crippen LogP) is -1.48. The first-order chi connectivity index (χ1) is 5.18. The molecule has 5 N–H and O–H groups in total. The van der Waals surface area contributed by atoms with Crippen LogP contribution in [0.4, 0.5) is 0 Å². The highest BCUT2D eigenvalue weighted by molar-refractivity contribution is 4.76. The molecule has 1 saturated heterocycles. The number of rotatable bonds is 2. The van der Waals surface area contributed by atoms with Crippen molar-refractivity contribution in [3.05, 3.63) is 0 Å². The molecule has 0 spiro atoms. The Kier molecular flexibility index (Phi) is 3.26. The van der Waals surface area contributed by atoms with Crippen LogP contribution in [-0.2, 0) is 0 Å². The number of nitrogens with zero attached hydrogens (tertiary/aromatic N) is 1. The highest BCUT2D eigenvalue weighted by Crippen LogP contribution is 1.97. The van der Waals surface area contributed by atoms with Gasteiger partial charge >= 0.3 is 0 Å². The normalized spacial score (nSPS) is 27.8. The van der Waals surface area contributed by atoms with Crippen molar-refractivity contribution in [3.63, 3.8) is 0 Å². The fraction of sp³-hybridized carbons (Fsp3) is 1.00. The minimum Gasteiger partial charge on any atom is -0.315 e. The van der Waals surface area contributed by atoms with Crippen LogP contribution in [0.25, 0.3) is 0 Å². The molecule has 11 heavy (non-hydrogen) atoms. The van der Waals surface area contributed by atoms with Gasteiger partial charge in [-0.25, -0.2) is 0 Å². The van der Waals surface area contributed by atoms with E-state index in [0.29, 0.717) is 6.04 Å². The first-order valence-corrected chi connectivity index (χ1v) is 4.15. The van der Waals surface area contributed by atoms with Crippen LogP contribution >= 0.6 is 0 Å². The lowest BCUT2D eigenvalue weighted by atomic mass is 10.2. The van der Waals surface area contributed by atoms with Gasteiger partial charge in [-0.2, -0.15) is 0 Å². The summed E-state index contributed by atoms with van der Waals surface area (Å²) in [6.45, 7) is 6.16. The average Bonchev–Trinajstić information content (AvgIpc) is 1.85. The minimum absolute atomic E-state index is 0.194. The Morgan fingerprint density at radius 2 is 2.36 bits per heavy atom. The van der Waals surface area contributed by atoms with Gasteiger partial charge in [0, 0.05) is 32.2 Å². The van der Waals surface area contributed by atoms with Crippen LogP contribution < -0.4 is 16.8 Å². The van der Waals surface area contributed by atoms with Crippen LogP contribution in [0.1, 0.15) is 6.92 Å². The van der Waals surface area contributed by atoms with Gasteiger partial charge < -0.3 is 16.8 Å². The summed E-state index contributed by atoms with van der Waals surface area (Å²) >= 11 is 0. The monoisotopic (exact) mass is 158 g/mol. The molecule has 0 amide bonds. The van der Waals surface area contributed by atoms with Crippen molar-refractivity contribution in [2.45, 2.75) is 19.1 Å². The lowest BCUT2D eigenvalue weighted by molar-refractivity contribution is 0.197. The van der Waals surface area contributed by atoms with E-state index >= 15 is 0 Å². The zero-order chi connectivity index (χ0) is 8.27. The smallest absolute Gasteiger partial charge is 0.0652 e. The molecule has 1 fully saturated rings. The van der Waals surface area contributed by atoms with Crippen LogP contribution in [0.3, 0.4) is 0 Å². The fourth-order valence-corrected chi connectivity index (χ4v) is 1.48. The van der Waals surface area contributed by atoms with Crippen LogP contribution in [-0.4, -0.2) is 43.3 Å². The van der Waals surface area contributed by atoms with Crippen molar-refractivity contribution in [1.29, 1.82) is 0 Å². The molecule has 66 valence electrons. The molecule has 1 heterocycles. The maximum absolute atomic E-state index is 5.48. The van der Waals surface area contributed by atoms with Gasteiger partial charge in [-0.15, -0.1) is 0 Å². The van der Waals surface area contributed by atoms with E-state index in [1.807, 2.05) is 0 Å². The number of hydrogen-bond donors (Lipinski definition) is 3. The van der Waals surface area contributed by atoms with Gasteiger partial charge in [0.25, 0.3) is 0 Å². The molecule has 4 nitrogen and oxygen atoms in total. The molecule has 0 bridgehead atoms. The molecule has 1 aliphatic rings. The van der Waals surface area contributed by atoms with Crippen LogP contribution in [0.15, 0.2) is 0 Å². The summed E-state index contributed by atoms with van der Waals surface area (Å²) in [6, 6.07) is 0.572. The van der Waals surface area contributed by atoms with E-state index < -0.39 is 0 Å². The van der Waals surface area contributed by atoms with E-state index in [9.17, 15) is 0 Å². The van der Waals surface area contributed by atoms with Gasteiger partial charge in [-0.1, -0.05) is 0 Å². The Labute approximate surface area is 67.9 Å². The molecule has 0 aromatic rings. The minimum atomic E-state index is -0.194. The van der Waals surface area contributed by atoms with Gasteiger partial charge in [0.15, 0.2) is 0 Å². The molecule has 0 radical (unpaired) electrons. The second-order valence-electron chi connectivity index (χ2n) is 3.28. The second kappa shape index (κ2) is 4.01. The van der Waals surface area contributed by atoms with Crippen molar-refractivity contribution in [1.82, 2.24) is 10.2 Å². The van der Waals surface area contributed by atoms with E-state index in [1.165, 1.54) is 0 Å². The van der Waals surface area contributed by atoms with Gasteiger partial charge in [-0.05, 0) is 6.92 Å². The number of nitrogens with two attached hydrogens (primary N) is 2. The molecule has 0 aromatic heterocycles. The van der Waals surface area contributed by atoms with Crippen LogP contribution in [0, 0.1) is 0 Å². The molecule has 1 atom stereocenters. The van der Waals surface area contributed by atoms with Gasteiger partial charge in [0.05, 0.1) is 6.17 Å². The summed E-state index contributed by atoms with van der Waals surface area (Å²) in [4.78, 5) is 2.30. The van der Waals surface area contributed by atoms with Crippen molar-refractivity contribution in [2.24, 2.45) is 11.5 Å². The first-order valence-electron chi connectivity index (χ1n) is 4.15. The van der Waals surface area contributed by atoms with E-state index in [2.05, 4.69) is 17.1 Å². The van der Waals surface area contributed by atoms with Gasteiger partial charge in [0.1, 0.15) is 0 Å². The second-order valence-corrected chi connectivity index (χ2v) is 3.28. The number of nitrogens with one attached hydrogen (secondary N) is 1. The van der Waals surface area contributed by atoms with E-state index in [1.54, 1.807) is 0 Å². The summed E-state index contributed by atoms with van der Waals surface area (Å²) in [7, 11) is 0. The third kappa shape index (κ3) is 3.16. The Balaban J connectivity index is 2.23. The predicted molar refractivity (Wildman–Crippen MR) is 46.1 cm³/mol. The van der Waals surface area contributed by atoms with Crippen molar-refractivity contribution >= 4 is 0 Å². The molecule has 4 heteroatoms. The molecule has 1 aliphatic heterocycles. The third-order valence-corrected chi connectivity index (χ3v) is 1.92. The van der Waals surface area contributed by atoms with E-state index in [0.717, 1.165) is 26.2 Å². The molecule has 1 unspecified atom stereocenters. The topological polar surface area (TPSA) is 67.3 Å². The highest BCUT2D eigenvalue weighted by Gasteiger charge is 2.15. The van der Waals surface area contributed by atoms with Crippen LogP contribution in [0.5, 0.6) is 0 Å². The van der Waals surface area contributed by atoms with Crippen molar-refractivity contribution in [2.75, 3.05) is 26.2 Å². The zero-order valence-corrected chi connectivity index (χ0v) is 7.09. The molecule has 0 aromatic carbocycles. The SMILES string of the molecule is CC1CN(CC(N)N)CCN1. The zero-order valence-electron chi connectivity index (χ0n) is 7.09. The quantitative estimate of drug-likeness (QED) is 0.429.